The van der Waals surface area contributed by atoms with Crippen LogP contribution >= 0.6 is 34.8 Å². The van der Waals surface area contributed by atoms with Crippen molar-refractivity contribution in [3.05, 3.63) is 32.8 Å². The number of primary amides is 1. The van der Waals surface area contributed by atoms with Crippen molar-refractivity contribution in [2.24, 2.45) is 5.73 Å². The molecule has 2 N–H and O–H groups in total. The van der Waals surface area contributed by atoms with Gasteiger partial charge in [0, 0.05) is 23.0 Å². The maximum atomic E-state index is 13.0. The van der Waals surface area contributed by atoms with E-state index in [0.717, 1.165) is 4.31 Å². The first kappa shape index (κ1) is 20.5. The number of carbonyl (C=O) groups is 2. The quantitative estimate of drug-likeness (QED) is 0.509. The summed E-state index contributed by atoms with van der Waals surface area (Å²) in [5.74, 6) is -2.13. The standard InChI is InChI=1S/C15H17Cl3N2O4S/c1-2-12(21)14(15(19)22)20(8-3-4-8)25(23,24)7-9-10(16)5-6-11(17)13(9)18/h5-6,8,14H,2-4,7H2,1H3,(H2,19,22). The fourth-order valence-electron chi connectivity index (χ4n) is 2.51. The number of sulfonamides is 1. The number of hydrogen-bond acceptors (Lipinski definition) is 4. The molecule has 6 nitrogen and oxygen atoms in total. The maximum absolute atomic E-state index is 13.0. The van der Waals surface area contributed by atoms with Gasteiger partial charge in [0.2, 0.25) is 15.9 Å². The Balaban J connectivity index is 2.46. The van der Waals surface area contributed by atoms with Gasteiger partial charge in [-0.25, -0.2) is 8.42 Å². The number of hydrogen-bond donors (Lipinski definition) is 1. The summed E-state index contributed by atoms with van der Waals surface area (Å²) in [6.07, 6.45) is 1.10. The van der Waals surface area contributed by atoms with Crippen molar-refractivity contribution in [1.82, 2.24) is 4.31 Å². The van der Waals surface area contributed by atoms with Crippen LogP contribution in [0, 0.1) is 0 Å². The van der Waals surface area contributed by atoms with Gasteiger partial charge in [-0.3, -0.25) is 9.59 Å². The van der Waals surface area contributed by atoms with Gasteiger partial charge in [-0.1, -0.05) is 41.7 Å². The molecule has 1 saturated carbocycles. The number of carbonyl (C=O) groups excluding carboxylic acids is 2. The van der Waals surface area contributed by atoms with E-state index in [-0.39, 0.29) is 27.1 Å². The Morgan fingerprint density at radius 2 is 1.80 bits per heavy atom. The summed E-state index contributed by atoms with van der Waals surface area (Å²) >= 11 is 18.1. The maximum Gasteiger partial charge on any atom is 0.243 e. The number of benzene rings is 1. The highest BCUT2D eigenvalue weighted by Gasteiger charge is 2.46. The van der Waals surface area contributed by atoms with Crippen LogP contribution in [-0.4, -0.2) is 36.5 Å². The number of rotatable bonds is 8. The minimum Gasteiger partial charge on any atom is -0.368 e. The molecule has 10 heteroatoms. The largest absolute Gasteiger partial charge is 0.368 e. The second kappa shape index (κ2) is 7.80. The Morgan fingerprint density at radius 3 is 2.28 bits per heavy atom. The smallest absolute Gasteiger partial charge is 0.243 e. The molecule has 138 valence electrons. The van der Waals surface area contributed by atoms with Gasteiger partial charge >= 0.3 is 0 Å². The lowest BCUT2D eigenvalue weighted by atomic mass is 10.1. The average molecular weight is 428 g/mol. The van der Waals surface area contributed by atoms with E-state index in [1.54, 1.807) is 6.92 Å². The van der Waals surface area contributed by atoms with Gasteiger partial charge in [0.25, 0.3) is 0 Å². The van der Waals surface area contributed by atoms with E-state index < -0.39 is 39.6 Å². The summed E-state index contributed by atoms with van der Waals surface area (Å²) in [4.78, 5) is 23.9. The molecule has 0 bridgehead atoms. The third kappa shape index (κ3) is 4.46. The van der Waals surface area contributed by atoms with Gasteiger partial charge in [-0.15, -0.1) is 0 Å². The van der Waals surface area contributed by atoms with E-state index in [1.165, 1.54) is 12.1 Å². The van der Waals surface area contributed by atoms with E-state index in [4.69, 9.17) is 40.5 Å². The van der Waals surface area contributed by atoms with Crippen LogP contribution in [0.2, 0.25) is 15.1 Å². The van der Waals surface area contributed by atoms with E-state index in [1.807, 2.05) is 0 Å². The molecule has 1 atom stereocenters. The second-order valence-corrected chi connectivity index (χ2v) is 8.83. The monoisotopic (exact) mass is 426 g/mol. The number of halogens is 3. The van der Waals surface area contributed by atoms with Crippen LogP contribution in [-0.2, 0) is 25.4 Å². The minimum atomic E-state index is -4.09. The molecule has 1 aromatic rings. The SMILES string of the molecule is CCC(=O)C(C(N)=O)N(C1CC1)S(=O)(=O)Cc1c(Cl)ccc(Cl)c1Cl. The highest BCUT2D eigenvalue weighted by molar-refractivity contribution is 7.88. The van der Waals surface area contributed by atoms with E-state index in [9.17, 15) is 18.0 Å². The third-order valence-corrected chi connectivity index (χ3v) is 6.87. The van der Waals surface area contributed by atoms with E-state index in [0.29, 0.717) is 12.8 Å². The van der Waals surface area contributed by atoms with Crippen LogP contribution in [0.25, 0.3) is 0 Å². The van der Waals surface area contributed by atoms with Crippen LogP contribution in [0.5, 0.6) is 0 Å². The summed E-state index contributed by atoms with van der Waals surface area (Å²) in [6.45, 7) is 1.54. The molecule has 1 unspecified atom stereocenters. The van der Waals surface area contributed by atoms with Crippen molar-refractivity contribution in [3.8, 4) is 0 Å². The van der Waals surface area contributed by atoms with Gasteiger partial charge in [0.1, 0.15) is 0 Å². The van der Waals surface area contributed by atoms with Crippen molar-refractivity contribution in [1.29, 1.82) is 0 Å². The zero-order valence-corrected chi connectivity index (χ0v) is 16.4. The summed E-state index contributed by atoms with van der Waals surface area (Å²) in [5.41, 5.74) is 5.43. The lowest BCUT2D eigenvalue weighted by Gasteiger charge is -2.28. The normalized spacial score (nSPS) is 16.0. The molecule has 1 aliphatic rings. The molecule has 25 heavy (non-hydrogen) atoms. The third-order valence-electron chi connectivity index (χ3n) is 3.87. The molecule has 0 spiro atoms. The lowest BCUT2D eigenvalue weighted by molar-refractivity contribution is -0.132. The summed E-state index contributed by atoms with van der Waals surface area (Å²) in [5, 5.41) is 0.308. The molecule has 1 fully saturated rings. The molecule has 0 aliphatic heterocycles. The van der Waals surface area contributed by atoms with Crippen LogP contribution in [0.1, 0.15) is 31.7 Å². The molecular weight excluding hydrogens is 411 g/mol. The van der Waals surface area contributed by atoms with Crippen LogP contribution in [0.4, 0.5) is 0 Å². The number of nitrogens with zero attached hydrogens (tertiary/aromatic N) is 1. The average Bonchev–Trinajstić information content (AvgIpc) is 3.36. The van der Waals surface area contributed by atoms with Gasteiger partial charge in [-0.05, 0) is 25.0 Å². The zero-order chi connectivity index (χ0) is 18.9. The molecular formula is C15H17Cl3N2O4S. The summed E-state index contributed by atoms with van der Waals surface area (Å²) in [6, 6.07) is 0.924. The van der Waals surface area contributed by atoms with Crippen LogP contribution < -0.4 is 5.73 Å². The first-order valence-corrected chi connectivity index (χ1v) is 10.3. The van der Waals surface area contributed by atoms with Crippen molar-refractivity contribution in [2.75, 3.05) is 0 Å². The van der Waals surface area contributed by atoms with Gasteiger partial charge in [-0.2, -0.15) is 4.31 Å². The molecule has 0 aromatic heterocycles. The molecule has 0 radical (unpaired) electrons. The van der Waals surface area contributed by atoms with Gasteiger partial charge in [0.05, 0.1) is 15.8 Å². The Kier molecular flexibility index (Phi) is 6.38. The number of ketones is 1. The molecule has 1 amide bonds. The number of nitrogens with two attached hydrogens (primary N) is 1. The van der Waals surface area contributed by atoms with Crippen LogP contribution in [0.15, 0.2) is 12.1 Å². The molecule has 2 rings (SSSR count). The second-order valence-electron chi connectivity index (χ2n) is 5.76. The first-order valence-electron chi connectivity index (χ1n) is 7.55. The number of Topliss-reactive ketones (excluding diaryl/α,β-unsaturated/α-hetero) is 1. The number of amides is 1. The molecule has 0 heterocycles. The predicted molar refractivity (Wildman–Crippen MR) is 97.2 cm³/mol. The van der Waals surface area contributed by atoms with Crippen molar-refractivity contribution >= 4 is 56.5 Å². The molecule has 1 aromatic carbocycles. The minimum absolute atomic E-state index is 0.00890. The van der Waals surface area contributed by atoms with Crippen molar-refractivity contribution in [2.45, 2.75) is 44.0 Å². The highest BCUT2D eigenvalue weighted by Crippen LogP contribution is 2.37. The Labute approximate surface area is 161 Å². The van der Waals surface area contributed by atoms with E-state index >= 15 is 0 Å². The van der Waals surface area contributed by atoms with E-state index in [2.05, 4.69) is 0 Å². The highest BCUT2D eigenvalue weighted by atomic mass is 35.5. The summed E-state index contributed by atoms with van der Waals surface area (Å²) < 4.78 is 26.8. The van der Waals surface area contributed by atoms with Crippen LogP contribution in [0.3, 0.4) is 0 Å². The molecule has 1 aliphatic carbocycles. The van der Waals surface area contributed by atoms with Gasteiger partial charge in [0.15, 0.2) is 11.8 Å². The van der Waals surface area contributed by atoms with Gasteiger partial charge < -0.3 is 5.73 Å². The fourth-order valence-corrected chi connectivity index (χ4v) is 5.37. The Morgan fingerprint density at radius 1 is 1.24 bits per heavy atom. The Bertz CT molecular complexity index is 809. The van der Waals surface area contributed by atoms with Crippen molar-refractivity contribution in [3.63, 3.8) is 0 Å². The zero-order valence-electron chi connectivity index (χ0n) is 13.3. The first-order chi connectivity index (χ1) is 11.6. The Hall–Kier alpha value is -0.860. The topological polar surface area (TPSA) is 97.5 Å². The van der Waals surface area contributed by atoms with Crippen molar-refractivity contribution < 1.29 is 18.0 Å². The lowest BCUT2D eigenvalue weighted by Crippen LogP contribution is -2.53. The predicted octanol–water partition coefficient (Wildman–Crippen LogP) is 2.77. The molecule has 0 saturated heterocycles. The fraction of sp³-hybridized carbons (Fsp3) is 0.467. The summed E-state index contributed by atoms with van der Waals surface area (Å²) in [7, 11) is -4.09.